The van der Waals surface area contributed by atoms with Gasteiger partial charge in [-0.05, 0) is 31.7 Å². The maximum atomic E-state index is 10.9. The van der Waals surface area contributed by atoms with Crippen LogP contribution in [0.2, 0.25) is 0 Å². The first-order valence-corrected chi connectivity index (χ1v) is 6.06. The van der Waals surface area contributed by atoms with Crippen molar-refractivity contribution in [1.29, 1.82) is 0 Å². The maximum absolute atomic E-state index is 10.9. The van der Waals surface area contributed by atoms with Crippen LogP contribution in [0.3, 0.4) is 0 Å². The van der Waals surface area contributed by atoms with E-state index in [1.807, 2.05) is 0 Å². The molecule has 1 saturated heterocycles. The normalized spacial score (nSPS) is 19.5. The molecule has 0 aliphatic carbocycles. The van der Waals surface area contributed by atoms with E-state index in [1.165, 1.54) is 6.07 Å². The van der Waals surface area contributed by atoms with Crippen LogP contribution in [0.5, 0.6) is 0 Å². The average molecular weight is 251 g/mol. The van der Waals surface area contributed by atoms with E-state index in [-0.39, 0.29) is 5.69 Å². The van der Waals surface area contributed by atoms with Crippen LogP contribution in [0.15, 0.2) is 6.07 Å². The molecule has 18 heavy (non-hydrogen) atoms. The van der Waals surface area contributed by atoms with Gasteiger partial charge in [0.05, 0.1) is 6.61 Å². The number of carboxylic acid groups (broad SMARTS) is 1. The van der Waals surface area contributed by atoms with E-state index < -0.39 is 5.97 Å². The summed E-state index contributed by atoms with van der Waals surface area (Å²) in [5, 5.41) is 12.0. The SMILES string of the molecule is Cc1cc(C(=O)O)nc(NCC2CCCOC2)n1. The van der Waals surface area contributed by atoms with Gasteiger partial charge >= 0.3 is 5.97 Å². The molecule has 0 radical (unpaired) electrons. The number of ether oxygens (including phenoxy) is 1. The molecule has 6 nitrogen and oxygen atoms in total. The zero-order valence-corrected chi connectivity index (χ0v) is 10.3. The predicted octanol–water partition coefficient (Wildman–Crippen LogP) is 1.32. The summed E-state index contributed by atoms with van der Waals surface area (Å²) in [5.74, 6) is -0.223. The summed E-state index contributed by atoms with van der Waals surface area (Å²) >= 11 is 0. The molecule has 98 valence electrons. The van der Waals surface area contributed by atoms with Crippen molar-refractivity contribution in [3.63, 3.8) is 0 Å². The molecule has 1 unspecified atom stereocenters. The van der Waals surface area contributed by atoms with Crippen LogP contribution in [0.1, 0.15) is 29.0 Å². The number of carbonyl (C=O) groups is 1. The second kappa shape index (κ2) is 5.77. The third kappa shape index (κ3) is 3.40. The highest BCUT2D eigenvalue weighted by atomic mass is 16.5. The zero-order chi connectivity index (χ0) is 13.0. The van der Waals surface area contributed by atoms with Gasteiger partial charge in [0.1, 0.15) is 0 Å². The lowest BCUT2D eigenvalue weighted by Gasteiger charge is -2.22. The molecular formula is C12H17N3O3. The highest BCUT2D eigenvalue weighted by Gasteiger charge is 2.15. The molecule has 2 heterocycles. The second-order valence-corrected chi connectivity index (χ2v) is 4.49. The van der Waals surface area contributed by atoms with Crippen molar-refractivity contribution in [3.05, 3.63) is 17.5 Å². The molecule has 2 rings (SSSR count). The third-order valence-electron chi connectivity index (χ3n) is 2.88. The highest BCUT2D eigenvalue weighted by Crippen LogP contribution is 2.14. The number of nitrogens with one attached hydrogen (secondary N) is 1. The summed E-state index contributed by atoms with van der Waals surface area (Å²) in [6, 6.07) is 1.46. The summed E-state index contributed by atoms with van der Waals surface area (Å²) in [7, 11) is 0. The number of carboxylic acids is 1. The van der Waals surface area contributed by atoms with Gasteiger partial charge in [-0.1, -0.05) is 0 Å². The average Bonchev–Trinajstić information content (AvgIpc) is 2.37. The summed E-state index contributed by atoms with van der Waals surface area (Å²) in [6.45, 7) is 4.04. The lowest BCUT2D eigenvalue weighted by Crippen LogP contribution is -2.25. The molecule has 0 aromatic carbocycles. The Morgan fingerprint density at radius 1 is 1.61 bits per heavy atom. The van der Waals surface area contributed by atoms with Crippen molar-refractivity contribution in [2.24, 2.45) is 5.92 Å². The van der Waals surface area contributed by atoms with Crippen LogP contribution in [-0.4, -0.2) is 40.8 Å². The van der Waals surface area contributed by atoms with E-state index in [0.29, 0.717) is 24.1 Å². The zero-order valence-electron chi connectivity index (χ0n) is 10.3. The molecule has 0 saturated carbocycles. The van der Waals surface area contributed by atoms with Crippen LogP contribution in [-0.2, 0) is 4.74 Å². The first-order chi connectivity index (χ1) is 8.65. The van der Waals surface area contributed by atoms with Gasteiger partial charge in [-0.15, -0.1) is 0 Å². The Bertz CT molecular complexity index is 431. The first kappa shape index (κ1) is 12.8. The van der Waals surface area contributed by atoms with Gasteiger partial charge in [0.2, 0.25) is 5.95 Å². The van der Waals surface area contributed by atoms with E-state index in [0.717, 1.165) is 26.1 Å². The Labute approximate surface area is 105 Å². The molecule has 0 spiro atoms. The quantitative estimate of drug-likeness (QED) is 0.839. The highest BCUT2D eigenvalue weighted by molar-refractivity contribution is 5.85. The maximum Gasteiger partial charge on any atom is 0.354 e. The number of hydrogen-bond acceptors (Lipinski definition) is 5. The lowest BCUT2D eigenvalue weighted by atomic mass is 10.0. The van der Waals surface area contributed by atoms with Crippen molar-refractivity contribution >= 4 is 11.9 Å². The molecule has 1 aromatic heterocycles. The van der Waals surface area contributed by atoms with Crippen LogP contribution in [0.25, 0.3) is 0 Å². The smallest absolute Gasteiger partial charge is 0.354 e. The number of aromatic carboxylic acids is 1. The molecule has 1 fully saturated rings. The lowest BCUT2D eigenvalue weighted by molar-refractivity contribution is 0.0594. The Hall–Kier alpha value is -1.69. The van der Waals surface area contributed by atoms with Crippen LogP contribution < -0.4 is 5.32 Å². The van der Waals surface area contributed by atoms with E-state index >= 15 is 0 Å². The Kier molecular flexibility index (Phi) is 4.09. The molecule has 1 aliphatic rings. The fourth-order valence-electron chi connectivity index (χ4n) is 1.96. The van der Waals surface area contributed by atoms with Crippen molar-refractivity contribution in [2.45, 2.75) is 19.8 Å². The summed E-state index contributed by atoms with van der Waals surface area (Å²) in [6.07, 6.45) is 2.19. The van der Waals surface area contributed by atoms with Gasteiger partial charge < -0.3 is 15.2 Å². The van der Waals surface area contributed by atoms with E-state index in [2.05, 4.69) is 15.3 Å². The fraction of sp³-hybridized carbons (Fsp3) is 0.583. The fourth-order valence-corrected chi connectivity index (χ4v) is 1.96. The van der Waals surface area contributed by atoms with E-state index in [4.69, 9.17) is 9.84 Å². The second-order valence-electron chi connectivity index (χ2n) is 4.49. The number of aryl methyl sites for hydroxylation is 1. The van der Waals surface area contributed by atoms with Gasteiger partial charge in [0.25, 0.3) is 0 Å². The molecule has 2 N–H and O–H groups in total. The van der Waals surface area contributed by atoms with Gasteiger partial charge in [-0.25, -0.2) is 14.8 Å². The van der Waals surface area contributed by atoms with Gasteiger partial charge in [-0.3, -0.25) is 0 Å². The number of hydrogen-bond donors (Lipinski definition) is 2. The molecule has 0 bridgehead atoms. The third-order valence-corrected chi connectivity index (χ3v) is 2.88. The van der Waals surface area contributed by atoms with Crippen LogP contribution in [0, 0.1) is 12.8 Å². The summed E-state index contributed by atoms with van der Waals surface area (Å²) in [4.78, 5) is 19.0. The minimum absolute atomic E-state index is 0.0184. The largest absolute Gasteiger partial charge is 0.477 e. The number of nitrogens with zero attached hydrogens (tertiary/aromatic N) is 2. The van der Waals surface area contributed by atoms with Gasteiger partial charge in [-0.2, -0.15) is 0 Å². The predicted molar refractivity (Wildman–Crippen MR) is 65.8 cm³/mol. The first-order valence-electron chi connectivity index (χ1n) is 6.06. The molecule has 1 atom stereocenters. The van der Waals surface area contributed by atoms with Crippen molar-refractivity contribution in [3.8, 4) is 0 Å². The minimum Gasteiger partial charge on any atom is -0.477 e. The number of rotatable bonds is 4. The Balaban J connectivity index is 1.97. The van der Waals surface area contributed by atoms with E-state index in [9.17, 15) is 4.79 Å². The number of anilines is 1. The summed E-state index contributed by atoms with van der Waals surface area (Å²) < 4.78 is 5.38. The van der Waals surface area contributed by atoms with E-state index in [1.54, 1.807) is 6.92 Å². The molecule has 1 aromatic rings. The molecule has 6 heteroatoms. The summed E-state index contributed by atoms with van der Waals surface area (Å²) in [5.41, 5.74) is 0.662. The Morgan fingerprint density at radius 2 is 2.44 bits per heavy atom. The van der Waals surface area contributed by atoms with Crippen molar-refractivity contribution in [1.82, 2.24) is 9.97 Å². The van der Waals surface area contributed by atoms with Crippen LogP contribution in [0.4, 0.5) is 5.95 Å². The molecule has 1 aliphatic heterocycles. The Morgan fingerprint density at radius 3 is 3.11 bits per heavy atom. The topological polar surface area (TPSA) is 84.3 Å². The monoisotopic (exact) mass is 251 g/mol. The number of aromatic nitrogens is 2. The molecular weight excluding hydrogens is 234 g/mol. The standard InChI is InChI=1S/C12H17N3O3/c1-8-5-10(11(16)17)15-12(14-8)13-6-9-3-2-4-18-7-9/h5,9H,2-4,6-7H2,1H3,(H,16,17)(H,13,14,15). The van der Waals surface area contributed by atoms with Crippen molar-refractivity contribution in [2.75, 3.05) is 25.1 Å². The molecule has 0 amide bonds. The van der Waals surface area contributed by atoms with Gasteiger partial charge in [0, 0.05) is 18.8 Å². The minimum atomic E-state index is -1.04. The van der Waals surface area contributed by atoms with Crippen molar-refractivity contribution < 1.29 is 14.6 Å². The van der Waals surface area contributed by atoms with Gasteiger partial charge in [0.15, 0.2) is 5.69 Å². The van der Waals surface area contributed by atoms with Crippen LogP contribution >= 0.6 is 0 Å².